The van der Waals surface area contributed by atoms with Crippen molar-refractivity contribution in [2.45, 2.75) is 39.2 Å². The van der Waals surface area contributed by atoms with Crippen molar-refractivity contribution in [3.05, 3.63) is 89.4 Å². The minimum absolute atomic E-state index is 0.00919. The summed E-state index contributed by atoms with van der Waals surface area (Å²) in [6.45, 7) is 4.73. The van der Waals surface area contributed by atoms with Crippen LogP contribution in [-0.4, -0.2) is 53.2 Å². The van der Waals surface area contributed by atoms with Crippen LogP contribution < -0.4 is 4.74 Å². The first-order valence-electron chi connectivity index (χ1n) is 13.7. The molecule has 0 unspecified atom stereocenters. The third kappa shape index (κ3) is 6.39. The number of ether oxygens (including phenoxy) is 2. The average Bonchev–Trinajstić information content (AvgIpc) is 3.38. The van der Waals surface area contributed by atoms with Crippen LogP contribution >= 0.6 is 0 Å². The fourth-order valence-corrected chi connectivity index (χ4v) is 5.26. The number of ketones is 1. The highest BCUT2D eigenvalue weighted by Gasteiger charge is 2.24. The largest absolute Gasteiger partial charge is 0.457 e. The van der Waals surface area contributed by atoms with Gasteiger partial charge in [-0.05, 0) is 98.3 Å². The highest BCUT2D eigenvalue weighted by atomic mass is 19.1. The summed E-state index contributed by atoms with van der Waals surface area (Å²) < 4.78 is 25.9. The Kier molecular flexibility index (Phi) is 8.55. The SMILES string of the molecule is COCCCC(=O)c1ccc2nn(CC3CCN(C(=O)c4ccc(Oc5ccc(F)cc5)cc4)CC3)cc2c1C. The Labute approximate surface area is 233 Å². The minimum atomic E-state index is -0.318. The molecule has 0 radical (unpaired) electrons. The van der Waals surface area contributed by atoms with Crippen LogP contribution in [0, 0.1) is 18.7 Å². The number of halogens is 1. The van der Waals surface area contributed by atoms with Gasteiger partial charge in [0.1, 0.15) is 17.3 Å². The molecule has 1 aromatic heterocycles. The van der Waals surface area contributed by atoms with E-state index in [4.69, 9.17) is 14.6 Å². The first-order valence-corrected chi connectivity index (χ1v) is 13.7. The lowest BCUT2D eigenvalue weighted by atomic mass is 9.96. The van der Waals surface area contributed by atoms with Crippen LogP contribution in [0.15, 0.2) is 66.9 Å². The van der Waals surface area contributed by atoms with E-state index in [1.807, 2.05) is 34.8 Å². The van der Waals surface area contributed by atoms with Gasteiger partial charge >= 0.3 is 0 Å². The zero-order valence-electron chi connectivity index (χ0n) is 22.9. The molecule has 3 aromatic carbocycles. The molecule has 7 nitrogen and oxygen atoms in total. The van der Waals surface area contributed by atoms with Gasteiger partial charge < -0.3 is 14.4 Å². The summed E-state index contributed by atoms with van der Waals surface area (Å²) in [6.07, 6.45) is 5.03. The minimum Gasteiger partial charge on any atom is -0.457 e. The lowest BCUT2D eigenvalue weighted by Crippen LogP contribution is -2.39. The third-order valence-corrected chi connectivity index (χ3v) is 7.56. The van der Waals surface area contributed by atoms with Crippen LogP contribution in [-0.2, 0) is 11.3 Å². The first kappa shape index (κ1) is 27.5. The number of hydrogen-bond acceptors (Lipinski definition) is 5. The fourth-order valence-electron chi connectivity index (χ4n) is 5.26. The summed E-state index contributed by atoms with van der Waals surface area (Å²) in [6, 6.07) is 16.7. The van der Waals surface area contributed by atoms with Crippen molar-refractivity contribution in [3.8, 4) is 11.5 Å². The number of benzene rings is 3. The quantitative estimate of drug-likeness (QED) is 0.170. The summed E-state index contributed by atoms with van der Waals surface area (Å²) in [4.78, 5) is 27.7. The number of fused-ring (bicyclic) bond motifs is 1. The average molecular weight is 544 g/mol. The van der Waals surface area contributed by atoms with Gasteiger partial charge in [0.2, 0.25) is 0 Å². The monoisotopic (exact) mass is 543 g/mol. The Hall–Kier alpha value is -4.04. The number of aromatic nitrogens is 2. The number of nitrogens with zero attached hydrogens (tertiary/aromatic N) is 3. The number of carbonyl (C=O) groups excluding carboxylic acids is 2. The molecule has 1 aliphatic heterocycles. The van der Waals surface area contributed by atoms with E-state index in [9.17, 15) is 14.0 Å². The summed E-state index contributed by atoms with van der Waals surface area (Å²) in [5, 5.41) is 5.77. The topological polar surface area (TPSA) is 73.7 Å². The number of piperidine rings is 1. The van der Waals surface area contributed by atoms with Gasteiger partial charge in [-0.3, -0.25) is 14.3 Å². The number of methoxy groups -OCH3 is 1. The van der Waals surface area contributed by atoms with Crippen molar-refractivity contribution in [1.82, 2.24) is 14.7 Å². The molecule has 1 amide bonds. The number of carbonyl (C=O) groups is 2. The molecule has 208 valence electrons. The van der Waals surface area contributed by atoms with Crippen LogP contribution in [0.25, 0.3) is 10.9 Å². The van der Waals surface area contributed by atoms with Crippen molar-refractivity contribution in [2.75, 3.05) is 26.8 Å². The van der Waals surface area contributed by atoms with Gasteiger partial charge in [-0.25, -0.2) is 4.39 Å². The molecule has 0 N–H and O–H groups in total. The molecule has 0 aliphatic carbocycles. The maximum Gasteiger partial charge on any atom is 0.253 e. The molecule has 0 bridgehead atoms. The number of rotatable bonds is 10. The molecule has 1 aliphatic rings. The molecule has 0 spiro atoms. The summed E-state index contributed by atoms with van der Waals surface area (Å²) in [5.41, 5.74) is 3.24. The Morgan fingerprint density at radius 1 is 0.975 bits per heavy atom. The second kappa shape index (κ2) is 12.4. The fraction of sp³-hybridized carbons (Fsp3) is 0.344. The summed E-state index contributed by atoms with van der Waals surface area (Å²) >= 11 is 0. The molecule has 8 heteroatoms. The Balaban J connectivity index is 1.15. The van der Waals surface area contributed by atoms with E-state index in [1.54, 1.807) is 43.5 Å². The van der Waals surface area contributed by atoms with E-state index >= 15 is 0 Å². The van der Waals surface area contributed by atoms with Gasteiger partial charge in [0.15, 0.2) is 5.78 Å². The number of amides is 1. The van der Waals surface area contributed by atoms with Gasteiger partial charge in [-0.15, -0.1) is 0 Å². The molecule has 5 rings (SSSR count). The molecular weight excluding hydrogens is 509 g/mol. The van der Waals surface area contributed by atoms with E-state index in [-0.39, 0.29) is 17.5 Å². The lowest BCUT2D eigenvalue weighted by molar-refractivity contribution is 0.0681. The summed E-state index contributed by atoms with van der Waals surface area (Å²) in [7, 11) is 1.64. The van der Waals surface area contributed by atoms with Crippen molar-refractivity contribution >= 4 is 22.6 Å². The second-order valence-electron chi connectivity index (χ2n) is 10.4. The Bertz CT molecular complexity index is 1470. The van der Waals surface area contributed by atoms with Gasteiger partial charge in [0.25, 0.3) is 5.91 Å². The summed E-state index contributed by atoms with van der Waals surface area (Å²) in [5.74, 6) is 1.37. The van der Waals surface area contributed by atoms with Crippen LogP contribution in [0.4, 0.5) is 4.39 Å². The maximum atomic E-state index is 13.1. The van der Waals surface area contributed by atoms with E-state index in [0.717, 1.165) is 41.4 Å². The molecule has 1 saturated heterocycles. The first-order chi connectivity index (χ1) is 19.4. The Morgan fingerprint density at radius 3 is 2.33 bits per heavy atom. The molecule has 0 atom stereocenters. The number of likely N-dealkylation sites (tertiary alicyclic amines) is 1. The van der Waals surface area contributed by atoms with Crippen LogP contribution in [0.3, 0.4) is 0 Å². The zero-order valence-corrected chi connectivity index (χ0v) is 22.9. The zero-order chi connectivity index (χ0) is 28.1. The lowest BCUT2D eigenvalue weighted by Gasteiger charge is -2.32. The van der Waals surface area contributed by atoms with Gasteiger partial charge in [-0.2, -0.15) is 5.10 Å². The van der Waals surface area contributed by atoms with E-state index in [2.05, 4.69) is 0 Å². The molecular formula is C32H34FN3O4. The van der Waals surface area contributed by atoms with E-state index in [0.29, 0.717) is 55.5 Å². The maximum absolute atomic E-state index is 13.1. The van der Waals surface area contributed by atoms with Gasteiger partial charge in [-0.1, -0.05) is 0 Å². The highest BCUT2D eigenvalue weighted by Crippen LogP contribution is 2.26. The van der Waals surface area contributed by atoms with Crippen molar-refractivity contribution in [1.29, 1.82) is 0 Å². The third-order valence-electron chi connectivity index (χ3n) is 7.56. The molecule has 2 heterocycles. The predicted molar refractivity (Wildman–Crippen MR) is 151 cm³/mol. The molecule has 40 heavy (non-hydrogen) atoms. The van der Waals surface area contributed by atoms with Crippen molar-refractivity contribution < 1.29 is 23.5 Å². The van der Waals surface area contributed by atoms with Crippen LogP contribution in [0.5, 0.6) is 11.5 Å². The second-order valence-corrected chi connectivity index (χ2v) is 10.4. The van der Waals surface area contributed by atoms with Crippen molar-refractivity contribution in [2.24, 2.45) is 5.92 Å². The molecule has 4 aromatic rings. The smallest absolute Gasteiger partial charge is 0.253 e. The van der Waals surface area contributed by atoms with E-state index < -0.39 is 0 Å². The molecule has 1 fully saturated rings. The van der Waals surface area contributed by atoms with Gasteiger partial charge in [0, 0.05) is 62.5 Å². The van der Waals surface area contributed by atoms with Crippen LogP contribution in [0.1, 0.15) is 52.0 Å². The van der Waals surface area contributed by atoms with E-state index in [1.165, 1.54) is 12.1 Å². The predicted octanol–water partition coefficient (Wildman–Crippen LogP) is 6.44. The molecule has 0 saturated carbocycles. The number of aryl methyl sites for hydroxylation is 1. The van der Waals surface area contributed by atoms with Crippen molar-refractivity contribution in [3.63, 3.8) is 0 Å². The standard InChI is InChI=1S/C32H34FN3O4/c1-22-28(31(37)4-3-19-39-2)13-14-30-29(22)21-36(34-30)20-23-15-17-35(18-16-23)32(38)24-5-9-26(10-6-24)40-27-11-7-25(33)8-12-27/h5-14,21,23H,3-4,15-20H2,1-2H3. The Morgan fingerprint density at radius 2 is 1.65 bits per heavy atom. The normalized spacial score (nSPS) is 14.0. The number of Topliss-reactive ketones (excluding diaryl/α,β-unsaturated/α-hetero) is 1. The number of hydrogen-bond donors (Lipinski definition) is 0. The van der Waals surface area contributed by atoms with Gasteiger partial charge in [0.05, 0.1) is 5.52 Å². The highest BCUT2D eigenvalue weighted by molar-refractivity contribution is 6.01. The van der Waals surface area contributed by atoms with Crippen LogP contribution in [0.2, 0.25) is 0 Å².